The van der Waals surface area contributed by atoms with Gasteiger partial charge in [-0.15, -0.1) is 0 Å². The van der Waals surface area contributed by atoms with Gasteiger partial charge in [-0.2, -0.15) is 0 Å². The Morgan fingerprint density at radius 2 is 1.94 bits per heavy atom. The molecule has 80 valence electrons. The van der Waals surface area contributed by atoms with Crippen LogP contribution < -0.4 is 10.5 Å². The van der Waals surface area contributed by atoms with E-state index in [1.54, 1.807) is 7.11 Å². The van der Waals surface area contributed by atoms with E-state index in [0.29, 0.717) is 0 Å². The molecule has 0 bridgehead atoms. The first-order valence-electron chi connectivity index (χ1n) is 5.05. The van der Waals surface area contributed by atoms with Crippen LogP contribution in [-0.2, 0) is 0 Å². The molecule has 0 aliphatic heterocycles. The Morgan fingerprint density at radius 1 is 1.12 bits per heavy atom. The van der Waals surface area contributed by atoms with Gasteiger partial charge in [-0.05, 0) is 18.2 Å². The molecular formula is C13H11NO2. The highest BCUT2D eigenvalue weighted by atomic mass is 16.5. The monoisotopic (exact) mass is 213 g/mol. The number of para-hydroxylation sites is 1. The lowest BCUT2D eigenvalue weighted by atomic mass is 10.1. The number of rotatable bonds is 1. The van der Waals surface area contributed by atoms with Crippen LogP contribution >= 0.6 is 0 Å². The molecule has 0 atom stereocenters. The molecule has 16 heavy (non-hydrogen) atoms. The number of fused-ring (bicyclic) bond motifs is 3. The van der Waals surface area contributed by atoms with Gasteiger partial charge >= 0.3 is 0 Å². The van der Waals surface area contributed by atoms with Crippen molar-refractivity contribution >= 4 is 27.6 Å². The van der Waals surface area contributed by atoms with Gasteiger partial charge in [0, 0.05) is 11.1 Å². The van der Waals surface area contributed by atoms with Gasteiger partial charge in [0.25, 0.3) is 0 Å². The molecule has 0 aliphatic rings. The molecule has 0 amide bonds. The van der Waals surface area contributed by atoms with Crippen LogP contribution in [-0.4, -0.2) is 7.11 Å². The van der Waals surface area contributed by atoms with Crippen molar-refractivity contribution < 1.29 is 9.15 Å². The van der Waals surface area contributed by atoms with E-state index in [4.69, 9.17) is 14.9 Å². The molecule has 3 rings (SSSR count). The Balaban J connectivity index is 2.56. The first kappa shape index (κ1) is 9.09. The first-order valence-corrected chi connectivity index (χ1v) is 5.05. The van der Waals surface area contributed by atoms with Gasteiger partial charge in [0.05, 0.1) is 12.5 Å². The number of furan rings is 1. The largest absolute Gasteiger partial charge is 0.493 e. The summed E-state index contributed by atoms with van der Waals surface area (Å²) in [6.07, 6.45) is 0. The fourth-order valence-corrected chi connectivity index (χ4v) is 2.01. The number of nitrogen functional groups attached to an aromatic ring is 1. The summed E-state index contributed by atoms with van der Waals surface area (Å²) in [4.78, 5) is 0. The summed E-state index contributed by atoms with van der Waals surface area (Å²) in [6.45, 7) is 0. The Labute approximate surface area is 92.4 Å². The number of ether oxygens (including phenoxy) is 1. The third-order valence-electron chi connectivity index (χ3n) is 2.74. The highest BCUT2D eigenvalue weighted by Crippen LogP contribution is 2.36. The summed E-state index contributed by atoms with van der Waals surface area (Å²) in [6, 6.07) is 11.5. The first-order chi connectivity index (χ1) is 7.81. The molecule has 2 N–H and O–H groups in total. The SMILES string of the molecule is COc1cccc2c1oc1cccc(N)c12. The topological polar surface area (TPSA) is 48.4 Å². The molecule has 0 radical (unpaired) electrons. The summed E-state index contributed by atoms with van der Waals surface area (Å²) >= 11 is 0. The maximum Gasteiger partial charge on any atom is 0.177 e. The van der Waals surface area contributed by atoms with Crippen LogP contribution in [0.5, 0.6) is 5.75 Å². The Bertz CT molecular complexity index is 670. The summed E-state index contributed by atoms with van der Waals surface area (Å²) < 4.78 is 11.0. The Kier molecular flexibility index (Phi) is 1.80. The van der Waals surface area contributed by atoms with Crippen LogP contribution in [0.4, 0.5) is 5.69 Å². The second kappa shape index (κ2) is 3.17. The molecule has 0 fully saturated rings. The van der Waals surface area contributed by atoms with E-state index < -0.39 is 0 Å². The van der Waals surface area contributed by atoms with Crippen LogP contribution in [0.15, 0.2) is 40.8 Å². The molecule has 0 spiro atoms. The maximum atomic E-state index is 5.96. The molecule has 0 saturated heterocycles. The number of anilines is 1. The quantitative estimate of drug-likeness (QED) is 0.631. The van der Waals surface area contributed by atoms with Gasteiger partial charge < -0.3 is 14.9 Å². The van der Waals surface area contributed by atoms with Crippen LogP contribution in [0.3, 0.4) is 0 Å². The van der Waals surface area contributed by atoms with Gasteiger partial charge in [0.1, 0.15) is 5.58 Å². The van der Waals surface area contributed by atoms with Gasteiger partial charge in [-0.25, -0.2) is 0 Å². The molecule has 3 nitrogen and oxygen atoms in total. The zero-order chi connectivity index (χ0) is 11.1. The minimum atomic E-state index is 0.726. The van der Waals surface area contributed by atoms with E-state index in [-0.39, 0.29) is 0 Å². The van der Waals surface area contributed by atoms with E-state index in [2.05, 4.69) is 0 Å². The second-order valence-corrected chi connectivity index (χ2v) is 3.66. The number of methoxy groups -OCH3 is 1. The van der Waals surface area contributed by atoms with E-state index in [9.17, 15) is 0 Å². The van der Waals surface area contributed by atoms with E-state index in [0.717, 1.165) is 33.4 Å². The molecule has 3 heteroatoms. The summed E-state index contributed by atoms with van der Waals surface area (Å²) in [7, 11) is 1.63. The lowest BCUT2D eigenvalue weighted by Gasteiger charge is -1.98. The van der Waals surface area contributed by atoms with Gasteiger partial charge in [0.15, 0.2) is 11.3 Å². The van der Waals surface area contributed by atoms with E-state index in [1.165, 1.54) is 0 Å². The molecule has 0 unspecified atom stereocenters. The van der Waals surface area contributed by atoms with Crippen molar-refractivity contribution in [2.24, 2.45) is 0 Å². The minimum Gasteiger partial charge on any atom is -0.493 e. The zero-order valence-electron chi connectivity index (χ0n) is 8.86. The summed E-state index contributed by atoms with van der Waals surface area (Å²) in [5.41, 5.74) is 8.22. The van der Waals surface area contributed by atoms with Crippen LogP contribution in [0, 0.1) is 0 Å². The predicted octanol–water partition coefficient (Wildman–Crippen LogP) is 3.18. The third-order valence-corrected chi connectivity index (χ3v) is 2.74. The number of benzene rings is 2. The van der Waals surface area contributed by atoms with Crippen molar-refractivity contribution in [3.05, 3.63) is 36.4 Å². The molecular weight excluding hydrogens is 202 g/mol. The lowest BCUT2D eigenvalue weighted by molar-refractivity contribution is 0.412. The molecule has 1 aromatic heterocycles. The summed E-state index contributed by atoms with van der Waals surface area (Å²) in [5.74, 6) is 0.730. The zero-order valence-corrected chi connectivity index (χ0v) is 8.86. The highest BCUT2D eigenvalue weighted by molar-refractivity contribution is 6.12. The third kappa shape index (κ3) is 1.08. The molecule has 0 saturated carbocycles. The smallest absolute Gasteiger partial charge is 0.177 e. The number of hydrogen-bond acceptors (Lipinski definition) is 3. The second-order valence-electron chi connectivity index (χ2n) is 3.66. The van der Waals surface area contributed by atoms with E-state index >= 15 is 0 Å². The van der Waals surface area contributed by atoms with Gasteiger partial charge in [0.2, 0.25) is 0 Å². The number of hydrogen-bond donors (Lipinski definition) is 1. The lowest BCUT2D eigenvalue weighted by Crippen LogP contribution is -1.84. The molecule has 2 aromatic carbocycles. The Hall–Kier alpha value is -2.16. The van der Waals surface area contributed by atoms with Crippen LogP contribution in [0.25, 0.3) is 21.9 Å². The normalized spacial score (nSPS) is 11.1. The molecule has 0 aliphatic carbocycles. The average molecular weight is 213 g/mol. The van der Waals surface area contributed by atoms with Gasteiger partial charge in [-0.1, -0.05) is 18.2 Å². The van der Waals surface area contributed by atoms with Crippen LogP contribution in [0.1, 0.15) is 0 Å². The highest BCUT2D eigenvalue weighted by Gasteiger charge is 2.12. The minimum absolute atomic E-state index is 0.726. The van der Waals surface area contributed by atoms with Crippen LogP contribution in [0.2, 0.25) is 0 Å². The number of nitrogens with two attached hydrogens (primary N) is 1. The molecule has 1 heterocycles. The Morgan fingerprint density at radius 3 is 2.75 bits per heavy atom. The van der Waals surface area contributed by atoms with Crippen molar-refractivity contribution in [1.29, 1.82) is 0 Å². The van der Waals surface area contributed by atoms with E-state index in [1.807, 2.05) is 36.4 Å². The maximum absolute atomic E-state index is 5.96. The fraction of sp³-hybridized carbons (Fsp3) is 0.0769. The van der Waals surface area contributed by atoms with Crippen molar-refractivity contribution in [3.63, 3.8) is 0 Å². The standard InChI is InChI=1S/C13H11NO2/c1-15-11-7-2-4-8-12-9(14)5-3-6-10(12)16-13(8)11/h2-7H,14H2,1H3. The van der Waals surface area contributed by atoms with Crippen molar-refractivity contribution in [1.82, 2.24) is 0 Å². The molecule has 3 aromatic rings. The predicted molar refractivity (Wildman–Crippen MR) is 64.7 cm³/mol. The fourth-order valence-electron chi connectivity index (χ4n) is 2.01. The van der Waals surface area contributed by atoms with Gasteiger partial charge in [-0.3, -0.25) is 0 Å². The average Bonchev–Trinajstić information content (AvgIpc) is 2.68. The van der Waals surface area contributed by atoms with Crippen molar-refractivity contribution in [2.45, 2.75) is 0 Å². The van der Waals surface area contributed by atoms with Crippen molar-refractivity contribution in [3.8, 4) is 5.75 Å². The van der Waals surface area contributed by atoms with Crippen molar-refractivity contribution in [2.75, 3.05) is 12.8 Å². The summed E-state index contributed by atoms with van der Waals surface area (Å²) in [5, 5.41) is 1.95.